The van der Waals surface area contributed by atoms with Crippen LogP contribution in [-0.4, -0.2) is 62.0 Å². The van der Waals surface area contributed by atoms with Gasteiger partial charge in [0.1, 0.15) is 0 Å². The van der Waals surface area contributed by atoms with Crippen molar-refractivity contribution in [3.8, 4) is 0 Å². The van der Waals surface area contributed by atoms with Crippen LogP contribution in [0.1, 0.15) is 25.7 Å². The van der Waals surface area contributed by atoms with E-state index in [2.05, 4.69) is 15.1 Å². The number of hydrogen-bond acceptors (Lipinski definition) is 3. The van der Waals surface area contributed by atoms with E-state index in [1.165, 1.54) is 25.7 Å². The third-order valence-electron chi connectivity index (χ3n) is 3.93. The van der Waals surface area contributed by atoms with Crippen LogP contribution >= 0.6 is 0 Å². The summed E-state index contributed by atoms with van der Waals surface area (Å²) in [5.41, 5.74) is 0. The summed E-state index contributed by atoms with van der Waals surface area (Å²) in [7, 11) is 2.00. The Labute approximate surface area is 104 Å². The van der Waals surface area contributed by atoms with Crippen LogP contribution in [0.2, 0.25) is 0 Å². The van der Waals surface area contributed by atoms with Gasteiger partial charge in [-0.25, -0.2) is 0 Å². The lowest BCUT2D eigenvalue weighted by atomic mass is 10.1. The van der Waals surface area contributed by atoms with Crippen LogP contribution in [0.25, 0.3) is 0 Å². The van der Waals surface area contributed by atoms with Gasteiger partial charge in [-0.2, -0.15) is 0 Å². The monoisotopic (exact) mass is 239 g/mol. The average molecular weight is 239 g/mol. The van der Waals surface area contributed by atoms with Crippen LogP contribution in [0.3, 0.4) is 0 Å². The largest absolute Gasteiger partial charge is 0.342 e. The highest BCUT2D eigenvalue weighted by molar-refractivity contribution is 5.78. The minimum Gasteiger partial charge on any atom is -0.342 e. The van der Waals surface area contributed by atoms with Crippen LogP contribution in [-0.2, 0) is 4.79 Å². The Morgan fingerprint density at radius 1 is 1.24 bits per heavy atom. The van der Waals surface area contributed by atoms with Gasteiger partial charge in [0.2, 0.25) is 5.91 Å². The zero-order chi connectivity index (χ0) is 12.1. The lowest BCUT2D eigenvalue weighted by Crippen LogP contribution is -2.42. The maximum atomic E-state index is 12.1. The molecule has 0 aromatic rings. The molecule has 0 radical (unpaired) electrons. The highest BCUT2D eigenvalue weighted by Gasteiger charge is 2.25. The molecular formula is C13H25N3O. The van der Waals surface area contributed by atoms with E-state index in [1.54, 1.807) is 0 Å². The van der Waals surface area contributed by atoms with Crippen LogP contribution < -0.4 is 5.32 Å². The van der Waals surface area contributed by atoms with Crippen LogP contribution in [0.4, 0.5) is 0 Å². The summed E-state index contributed by atoms with van der Waals surface area (Å²) in [5.74, 6) is 1.07. The van der Waals surface area contributed by atoms with Crippen molar-refractivity contribution in [1.82, 2.24) is 15.1 Å². The first-order valence-electron chi connectivity index (χ1n) is 6.94. The fraction of sp³-hybridized carbons (Fsp3) is 0.923. The molecule has 1 amide bonds. The van der Waals surface area contributed by atoms with Gasteiger partial charge in [0.25, 0.3) is 0 Å². The summed E-state index contributed by atoms with van der Waals surface area (Å²) < 4.78 is 0. The van der Waals surface area contributed by atoms with Crippen molar-refractivity contribution >= 4 is 5.91 Å². The first-order valence-corrected chi connectivity index (χ1v) is 6.94. The maximum absolute atomic E-state index is 12.1. The van der Waals surface area contributed by atoms with E-state index in [0.717, 1.165) is 38.6 Å². The maximum Gasteiger partial charge on any atom is 0.236 e. The van der Waals surface area contributed by atoms with E-state index in [9.17, 15) is 4.79 Å². The molecule has 1 N–H and O–H groups in total. The number of rotatable bonds is 4. The Kier molecular flexibility index (Phi) is 4.80. The first-order chi connectivity index (χ1) is 8.29. The Bertz CT molecular complexity index is 251. The summed E-state index contributed by atoms with van der Waals surface area (Å²) in [4.78, 5) is 16.5. The van der Waals surface area contributed by atoms with E-state index in [0.29, 0.717) is 12.5 Å². The molecule has 2 aliphatic heterocycles. The standard InChI is InChI=1S/C13H25N3O/c1-14-9-12-5-8-15(10-12)11-13(17)16-6-3-2-4-7-16/h12,14H,2-11H2,1H3. The fourth-order valence-corrected chi connectivity index (χ4v) is 2.95. The molecule has 2 saturated heterocycles. The molecule has 4 nitrogen and oxygen atoms in total. The third kappa shape index (κ3) is 3.68. The Morgan fingerprint density at radius 2 is 2.00 bits per heavy atom. The fourth-order valence-electron chi connectivity index (χ4n) is 2.95. The molecule has 2 rings (SSSR count). The number of carbonyl (C=O) groups is 1. The molecule has 0 aliphatic carbocycles. The molecule has 1 atom stereocenters. The Balaban J connectivity index is 1.71. The van der Waals surface area contributed by atoms with Crippen molar-refractivity contribution in [3.05, 3.63) is 0 Å². The van der Waals surface area contributed by atoms with Gasteiger partial charge < -0.3 is 10.2 Å². The second kappa shape index (κ2) is 6.36. The van der Waals surface area contributed by atoms with Crippen molar-refractivity contribution < 1.29 is 4.79 Å². The average Bonchev–Trinajstić information content (AvgIpc) is 2.78. The second-order valence-corrected chi connectivity index (χ2v) is 5.39. The molecule has 0 aromatic carbocycles. The van der Waals surface area contributed by atoms with Gasteiger partial charge in [-0.05, 0) is 51.7 Å². The Morgan fingerprint density at radius 3 is 2.71 bits per heavy atom. The smallest absolute Gasteiger partial charge is 0.236 e. The van der Waals surface area contributed by atoms with Crippen molar-refractivity contribution in [2.24, 2.45) is 5.92 Å². The lowest BCUT2D eigenvalue weighted by molar-refractivity contribution is -0.133. The quantitative estimate of drug-likeness (QED) is 0.778. The normalized spacial score (nSPS) is 26.4. The van der Waals surface area contributed by atoms with Gasteiger partial charge in [-0.15, -0.1) is 0 Å². The molecule has 0 bridgehead atoms. The summed E-state index contributed by atoms with van der Waals surface area (Å²) in [6, 6.07) is 0. The number of nitrogens with zero attached hydrogens (tertiary/aromatic N) is 2. The molecule has 98 valence electrons. The van der Waals surface area contributed by atoms with Gasteiger partial charge in [-0.1, -0.05) is 0 Å². The summed E-state index contributed by atoms with van der Waals surface area (Å²) in [6.07, 6.45) is 4.90. The second-order valence-electron chi connectivity index (χ2n) is 5.39. The van der Waals surface area contributed by atoms with Gasteiger partial charge in [-0.3, -0.25) is 9.69 Å². The van der Waals surface area contributed by atoms with Gasteiger partial charge in [0.05, 0.1) is 6.54 Å². The number of amides is 1. The molecule has 0 saturated carbocycles. The van der Waals surface area contributed by atoms with E-state index in [4.69, 9.17) is 0 Å². The molecule has 2 fully saturated rings. The zero-order valence-electron chi connectivity index (χ0n) is 11.0. The summed E-state index contributed by atoms with van der Waals surface area (Å²) in [5, 5.41) is 3.22. The molecular weight excluding hydrogens is 214 g/mol. The number of piperidine rings is 1. The highest BCUT2D eigenvalue weighted by atomic mass is 16.2. The zero-order valence-corrected chi connectivity index (χ0v) is 11.0. The van der Waals surface area contributed by atoms with Crippen LogP contribution in [0, 0.1) is 5.92 Å². The first kappa shape index (κ1) is 12.8. The molecule has 17 heavy (non-hydrogen) atoms. The predicted octanol–water partition coefficient (Wildman–Crippen LogP) is 0.540. The van der Waals surface area contributed by atoms with Gasteiger partial charge in [0.15, 0.2) is 0 Å². The van der Waals surface area contributed by atoms with Crippen molar-refractivity contribution in [3.63, 3.8) is 0 Å². The Hall–Kier alpha value is -0.610. The molecule has 0 aromatic heterocycles. The summed E-state index contributed by atoms with van der Waals surface area (Å²) >= 11 is 0. The number of nitrogens with one attached hydrogen (secondary N) is 1. The van der Waals surface area contributed by atoms with Crippen LogP contribution in [0.15, 0.2) is 0 Å². The SMILES string of the molecule is CNCC1CCN(CC(=O)N2CCCCC2)C1. The van der Waals surface area contributed by atoms with Gasteiger partial charge in [0, 0.05) is 19.6 Å². The van der Waals surface area contributed by atoms with Crippen LogP contribution in [0.5, 0.6) is 0 Å². The molecule has 0 spiro atoms. The van der Waals surface area contributed by atoms with Crippen molar-refractivity contribution in [1.29, 1.82) is 0 Å². The number of likely N-dealkylation sites (tertiary alicyclic amines) is 2. The van der Waals surface area contributed by atoms with Gasteiger partial charge >= 0.3 is 0 Å². The predicted molar refractivity (Wildman–Crippen MR) is 68.9 cm³/mol. The van der Waals surface area contributed by atoms with E-state index >= 15 is 0 Å². The minimum atomic E-state index is 0.342. The molecule has 4 heteroatoms. The molecule has 1 unspecified atom stereocenters. The minimum absolute atomic E-state index is 0.342. The third-order valence-corrected chi connectivity index (χ3v) is 3.93. The summed E-state index contributed by atoms with van der Waals surface area (Å²) in [6.45, 7) is 5.85. The molecule has 2 aliphatic rings. The van der Waals surface area contributed by atoms with Crippen molar-refractivity contribution in [2.75, 3.05) is 46.3 Å². The topological polar surface area (TPSA) is 35.6 Å². The number of carbonyl (C=O) groups excluding carboxylic acids is 1. The highest BCUT2D eigenvalue weighted by Crippen LogP contribution is 2.16. The number of hydrogen-bond donors (Lipinski definition) is 1. The molecule has 2 heterocycles. The van der Waals surface area contributed by atoms with E-state index < -0.39 is 0 Å². The van der Waals surface area contributed by atoms with Crippen molar-refractivity contribution in [2.45, 2.75) is 25.7 Å². The lowest BCUT2D eigenvalue weighted by Gasteiger charge is -2.28. The van der Waals surface area contributed by atoms with E-state index in [1.807, 2.05) is 7.05 Å². The van der Waals surface area contributed by atoms with E-state index in [-0.39, 0.29) is 0 Å².